The van der Waals surface area contributed by atoms with Crippen LogP contribution < -0.4 is 4.74 Å². The molecule has 2 nitrogen and oxygen atoms in total. The van der Waals surface area contributed by atoms with Crippen molar-refractivity contribution in [2.45, 2.75) is 25.3 Å². The van der Waals surface area contributed by atoms with E-state index in [2.05, 4.69) is 53.4 Å². The van der Waals surface area contributed by atoms with Gasteiger partial charge in [-0.25, -0.2) is 0 Å². The Morgan fingerprint density at radius 2 is 1.91 bits per heavy atom. The summed E-state index contributed by atoms with van der Waals surface area (Å²) in [6.07, 6.45) is 2.55. The normalized spacial score (nSPS) is 18.5. The molecule has 1 saturated heterocycles. The highest BCUT2D eigenvalue weighted by Gasteiger charge is 2.21. The molecule has 1 aliphatic heterocycles. The number of likely N-dealkylation sites (tertiary alicyclic amines) is 1. The van der Waals surface area contributed by atoms with Crippen molar-refractivity contribution in [3.05, 3.63) is 65.7 Å². The maximum Gasteiger partial charge on any atom is 0.119 e. The van der Waals surface area contributed by atoms with Crippen molar-refractivity contribution in [2.24, 2.45) is 0 Å². The summed E-state index contributed by atoms with van der Waals surface area (Å²) >= 11 is 0. The molecule has 0 bridgehead atoms. The molecular formula is C19H24ClNO. The minimum atomic E-state index is 0. The van der Waals surface area contributed by atoms with Crippen LogP contribution >= 0.6 is 12.4 Å². The summed E-state index contributed by atoms with van der Waals surface area (Å²) in [5.41, 5.74) is 2.82. The van der Waals surface area contributed by atoms with Crippen molar-refractivity contribution in [1.29, 1.82) is 0 Å². The standard InChI is InChI=1S/C19H23NO.ClH/c1-21-19-11-5-9-17(13-19)18-10-6-12-20(15-18)14-16-7-3-2-4-8-16;/h2-5,7-9,11,13,18H,6,10,12,14-15H2,1H3;1H. The van der Waals surface area contributed by atoms with Crippen LogP contribution in [0.5, 0.6) is 5.75 Å². The minimum absolute atomic E-state index is 0. The highest BCUT2D eigenvalue weighted by molar-refractivity contribution is 5.85. The van der Waals surface area contributed by atoms with E-state index in [0.717, 1.165) is 18.8 Å². The summed E-state index contributed by atoms with van der Waals surface area (Å²) in [6.45, 7) is 3.40. The summed E-state index contributed by atoms with van der Waals surface area (Å²) in [4.78, 5) is 2.57. The topological polar surface area (TPSA) is 12.5 Å². The Balaban J connectivity index is 0.00000176. The Kier molecular flexibility index (Phi) is 6.29. The van der Waals surface area contributed by atoms with E-state index in [9.17, 15) is 0 Å². The zero-order valence-corrected chi connectivity index (χ0v) is 13.9. The molecule has 3 heteroatoms. The largest absolute Gasteiger partial charge is 0.497 e. The average molecular weight is 318 g/mol. The summed E-state index contributed by atoms with van der Waals surface area (Å²) in [5.74, 6) is 1.59. The van der Waals surface area contributed by atoms with Crippen LogP contribution in [0.3, 0.4) is 0 Å². The first-order valence-electron chi connectivity index (χ1n) is 7.75. The van der Waals surface area contributed by atoms with E-state index in [-0.39, 0.29) is 12.4 Å². The summed E-state index contributed by atoms with van der Waals surface area (Å²) in [6, 6.07) is 19.3. The van der Waals surface area contributed by atoms with Crippen molar-refractivity contribution in [1.82, 2.24) is 4.90 Å². The molecule has 0 spiro atoms. The predicted octanol–water partition coefficient (Wildman–Crippen LogP) is 4.50. The van der Waals surface area contributed by atoms with Crippen molar-refractivity contribution < 1.29 is 4.74 Å². The molecule has 1 fully saturated rings. The van der Waals surface area contributed by atoms with Crippen LogP contribution in [0.4, 0.5) is 0 Å². The zero-order valence-electron chi connectivity index (χ0n) is 13.1. The number of hydrogen-bond donors (Lipinski definition) is 0. The molecule has 0 N–H and O–H groups in total. The number of rotatable bonds is 4. The van der Waals surface area contributed by atoms with Gasteiger partial charge >= 0.3 is 0 Å². The average Bonchev–Trinajstić information content (AvgIpc) is 2.56. The molecule has 2 aromatic carbocycles. The lowest BCUT2D eigenvalue weighted by Crippen LogP contribution is -2.33. The fraction of sp³-hybridized carbons (Fsp3) is 0.368. The van der Waals surface area contributed by atoms with Crippen LogP contribution in [-0.4, -0.2) is 25.1 Å². The van der Waals surface area contributed by atoms with Gasteiger partial charge in [0, 0.05) is 13.1 Å². The third kappa shape index (κ3) is 4.25. The van der Waals surface area contributed by atoms with Gasteiger partial charge in [0.2, 0.25) is 0 Å². The number of benzene rings is 2. The molecule has 0 aliphatic carbocycles. The SMILES string of the molecule is COc1cccc(C2CCCN(Cc3ccccc3)C2)c1.Cl. The summed E-state index contributed by atoms with van der Waals surface area (Å²) < 4.78 is 5.35. The molecule has 1 atom stereocenters. The van der Waals surface area contributed by atoms with E-state index in [1.165, 1.54) is 30.5 Å². The molecule has 3 rings (SSSR count). The number of ether oxygens (including phenoxy) is 1. The van der Waals surface area contributed by atoms with Gasteiger partial charge in [-0.3, -0.25) is 4.90 Å². The van der Waals surface area contributed by atoms with E-state index in [1.54, 1.807) is 7.11 Å². The van der Waals surface area contributed by atoms with Crippen molar-refractivity contribution in [3.8, 4) is 5.75 Å². The maximum atomic E-state index is 5.35. The monoisotopic (exact) mass is 317 g/mol. The van der Waals surface area contributed by atoms with Crippen LogP contribution in [0.25, 0.3) is 0 Å². The Hall–Kier alpha value is -1.51. The first kappa shape index (κ1) is 16.9. The Morgan fingerprint density at radius 3 is 2.68 bits per heavy atom. The Morgan fingerprint density at radius 1 is 1.09 bits per heavy atom. The predicted molar refractivity (Wildman–Crippen MR) is 93.9 cm³/mol. The Labute approximate surface area is 139 Å². The first-order valence-corrected chi connectivity index (χ1v) is 7.75. The molecule has 1 heterocycles. The zero-order chi connectivity index (χ0) is 14.5. The van der Waals surface area contributed by atoms with E-state index in [0.29, 0.717) is 5.92 Å². The highest BCUT2D eigenvalue weighted by atomic mass is 35.5. The van der Waals surface area contributed by atoms with Crippen LogP contribution in [0.1, 0.15) is 29.9 Å². The lowest BCUT2D eigenvalue weighted by Gasteiger charge is -2.33. The number of halogens is 1. The third-order valence-electron chi connectivity index (χ3n) is 4.32. The van der Waals surface area contributed by atoms with Gasteiger partial charge in [-0.2, -0.15) is 0 Å². The van der Waals surface area contributed by atoms with Gasteiger partial charge in [0.25, 0.3) is 0 Å². The number of nitrogens with zero attached hydrogens (tertiary/aromatic N) is 1. The van der Waals surface area contributed by atoms with Crippen molar-refractivity contribution >= 4 is 12.4 Å². The molecule has 0 radical (unpaired) electrons. The molecule has 118 valence electrons. The minimum Gasteiger partial charge on any atom is -0.497 e. The van der Waals surface area contributed by atoms with E-state index in [4.69, 9.17) is 4.74 Å². The van der Waals surface area contributed by atoms with Gasteiger partial charge in [-0.1, -0.05) is 42.5 Å². The van der Waals surface area contributed by atoms with E-state index in [1.807, 2.05) is 6.07 Å². The third-order valence-corrected chi connectivity index (χ3v) is 4.32. The second kappa shape index (κ2) is 8.21. The summed E-state index contributed by atoms with van der Waals surface area (Å²) in [5, 5.41) is 0. The number of hydrogen-bond acceptors (Lipinski definition) is 2. The van der Waals surface area contributed by atoms with Crippen LogP contribution in [-0.2, 0) is 6.54 Å². The maximum absolute atomic E-state index is 5.35. The van der Waals surface area contributed by atoms with Crippen LogP contribution in [0.15, 0.2) is 54.6 Å². The number of piperidine rings is 1. The van der Waals surface area contributed by atoms with Gasteiger partial charge in [-0.05, 0) is 48.6 Å². The van der Waals surface area contributed by atoms with Gasteiger partial charge < -0.3 is 4.74 Å². The molecule has 22 heavy (non-hydrogen) atoms. The summed E-state index contributed by atoms with van der Waals surface area (Å²) in [7, 11) is 1.74. The van der Waals surface area contributed by atoms with Crippen LogP contribution in [0, 0.1) is 0 Å². The fourth-order valence-corrected chi connectivity index (χ4v) is 3.21. The number of methoxy groups -OCH3 is 1. The fourth-order valence-electron chi connectivity index (χ4n) is 3.21. The van der Waals surface area contributed by atoms with Crippen molar-refractivity contribution in [2.75, 3.05) is 20.2 Å². The molecule has 1 unspecified atom stereocenters. The van der Waals surface area contributed by atoms with Gasteiger partial charge in [0.15, 0.2) is 0 Å². The van der Waals surface area contributed by atoms with Crippen LogP contribution in [0.2, 0.25) is 0 Å². The van der Waals surface area contributed by atoms with Gasteiger partial charge in [0.1, 0.15) is 5.75 Å². The second-order valence-electron chi connectivity index (χ2n) is 5.84. The van der Waals surface area contributed by atoms with E-state index >= 15 is 0 Å². The molecule has 1 aliphatic rings. The lowest BCUT2D eigenvalue weighted by molar-refractivity contribution is 0.200. The van der Waals surface area contributed by atoms with Gasteiger partial charge in [0.05, 0.1) is 7.11 Å². The quantitative estimate of drug-likeness (QED) is 0.823. The van der Waals surface area contributed by atoms with E-state index < -0.39 is 0 Å². The molecule has 0 aromatic heterocycles. The first-order chi connectivity index (χ1) is 10.3. The van der Waals surface area contributed by atoms with Crippen molar-refractivity contribution in [3.63, 3.8) is 0 Å². The highest BCUT2D eigenvalue weighted by Crippen LogP contribution is 2.29. The molecular weight excluding hydrogens is 294 g/mol. The molecule has 0 saturated carbocycles. The molecule has 2 aromatic rings. The lowest BCUT2D eigenvalue weighted by atomic mass is 9.90. The Bertz CT molecular complexity index is 573. The smallest absolute Gasteiger partial charge is 0.119 e. The van der Waals surface area contributed by atoms with Gasteiger partial charge in [-0.15, -0.1) is 12.4 Å². The molecule has 0 amide bonds. The second-order valence-corrected chi connectivity index (χ2v) is 5.84.